The summed E-state index contributed by atoms with van der Waals surface area (Å²) in [6, 6.07) is 5.00. The van der Waals surface area contributed by atoms with Gasteiger partial charge in [0.2, 0.25) is 0 Å². The highest BCUT2D eigenvalue weighted by Crippen LogP contribution is 2.53. The van der Waals surface area contributed by atoms with Crippen molar-refractivity contribution >= 4 is 0 Å². The third kappa shape index (κ3) is 1.72. The monoisotopic (exact) mass is 249 g/mol. The first kappa shape index (κ1) is 12.0. The number of rotatable bonds is 2. The van der Waals surface area contributed by atoms with Crippen LogP contribution in [-0.4, -0.2) is 12.1 Å². The second-order valence-corrected chi connectivity index (χ2v) is 5.80. The molecule has 3 heteroatoms. The minimum atomic E-state index is -0.208. The van der Waals surface area contributed by atoms with Crippen LogP contribution in [0.25, 0.3) is 0 Å². The lowest BCUT2D eigenvalue weighted by molar-refractivity contribution is -0.0623. The maximum atomic E-state index is 13.1. The fourth-order valence-electron chi connectivity index (χ4n) is 3.57. The lowest BCUT2D eigenvalue weighted by atomic mass is 9.61. The first-order valence-electron chi connectivity index (χ1n) is 6.80. The zero-order chi connectivity index (χ0) is 12.8. The van der Waals surface area contributed by atoms with E-state index in [4.69, 9.17) is 10.5 Å². The van der Waals surface area contributed by atoms with Crippen LogP contribution < -0.4 is 10.5 Å². The van der Waals surface area contributed by atoms with Gasteiger partial charge in [0.1, 0.15) is 17.7 Å². The Balaban J connectivity index is 1.77. The number of hydrogen-bond acceptors (Lipinski definition) is 2. The van der Waals surface area contributed by atoms with Crippen LogP contribution in [-0.2, 0) is 0 Å². The summed E-state index contributed by atoms with van der Waals surface area (Å²) in [5.74, 6) is 0.598. The van der Waals surface area contributed by atoms with E-state index in [1.807, 2.05) is 6.92 Å². The first-order chi connectivity index (χ1) is 8.62. The topological polar surface area (TPSA) is 35.2 Å². The predicted octanol–water partition coefficient (Wildman–Crippen LogP) is 3.17. The van der Waals surface area contributed by atoms with Crippen LogP contribution in [0, 0.1) is 18.2 Å². The van der Waals surface area contributed by atoms with E-state index >= 15 is 0 Å². The Kier molecular flexibility index (Phi) is 2.81. The zero-order valence-electron chi connectivity index (χ0n) is 10.8. The standard InChI is InChI=1S/C15H20FNO/c1-10-8-11(16)4-5-12(10)18-14-9-13(17)15(14)6-2-3-7-15/h4-5,8,13-14H,2-3,6-7,9,17H2,1H3. The van der Waals surface area contributed by atoms with Crippen molar-refractivity contribution in [2.75, 3.05) is 0 Å². The van der Waals surface area contributed by atoms with Gasteiger partial charge in [-0.3, -0.25) is 0 Å². The molecule has 2 nitrogen and oxygen atoms in total. The first-order valence-corrected chi connectivity index (χ1v) is 6.80. The Morgan fingerprint density at radius 2 is 2.06 bits per heavy atom. The van der Waals surface area contributed by atoms with Gasteiger partial charge in [0.25, 0.3) is 0 Å². The predicted molar refractivity (Wildman–Crippen MR) is 69.0 cm³/mol. The summed E-state index contributed by atoms with van der Waals surface area (Å²) < 4.78 is 19.2. The van der Waals surface area contributed by atoms with Gasteiger partial charge >= 0.3 is 0 Å². The molecule has 3 rings (SSSR count). The quantitative estimate of drug-likeness (QED) is 0.873. The van der Waals surface area contributed by atoms with Crippen molar-refractivity contribution < 1.29 is 9.13 Å². The van der Waals surface area contributed by atoms with Crippen molar-refractivity contribution in [3.63, 3.8) is 0 Å². The normalized spacial score (nSPS) is 29.3. The van der Waals surface area contributed by atoms with E-state index in [-0.39, 0.29) is 23.4 Å². The highest BCUT2D eigenvalue weighted by molar-refractivity contribution is 5.33. The summed E-state index contributed by atoms with van der Waals surface area (Å²) in [5.41, 5.74) is 7.24. The molecule has 2 saturated carbocycles. The Hall–Kier alpha value is -1.09. The molecule has 18 heavy (non-hydrogen) atoms. The van der Waals surface area contributed by atoms with Crippen LogP contribution in [0.2, 0.25) is 0 Å². The number of benzene rings is 1. The van der Waals surface area contributed by atoms with Crippen LogP contribution in [0.1, 0.15) is 37.7 Å². The van der Waals surface area contributed by atoms with Gasteiger partial charge in [-0.05, 0) is 43.5 Å². The molecule has 2 N–H and O–H groups in total. The number of nitrogens with two attached hydrogens (primary N) is 1. The molecule has 98 valence electrons. The Bertz CT molecular complexity index is 454. The van der Waals surface area contributed by atoms with Crippen LogP contribution in [0.3, 0.4) is 0 Å². The third-order valence-electron chi connectivity index (χ3n) is 4.79. The summed E-state index contributed by atoms with van der Waals surface area (Å²) in [6.45, 7) is 1.89. The Morgan fingerprint density at radius 3 is 2.67 bits per heavy atom. The maximum Gasteiger partial charge on any atom is 0.123 e. The van der Waals surface area contributed by atoms with E-state index < -0.39 is 0 Å². The molecular weight excluding hydrogens is 229 g/mol. The van der Waals surface area contributed by atoms with E-state index in [1.54, 1.807) is 6.07 Å². The molecule has 0 aromatic heterocycles. The van der Waals surface area contributed by atoms with E-state index in [1.165, 1.54) is 37.8 Å². The van der Waals surface area contributed by atoms with Crippen LogP contribution >= 0.6 is 0 Å². The molecule has 1 spiro atoms. The summed E-state index contributed by atoms with van der Waals surface area (Å²) >= 11 is 0. The molecule has 0 amide bonds. The van der Waals surface area contributed by atoms with Gasteiger partial charge < -0.3 is 10.5 Å². The van der Waals surface area contributed by atoms with Crippen molar-refractivity contribution in [3.8, 4) is 5.75 Å². The van der Waals surface area contributed by atoms with Gasteiger partial charge in [-0.25, -0.2) is 4.39 Å². The molecule has 0 bridgehead atoms. The number of hydrogen-bond donors (Lipinski definition) is 1. The van der Waals surface area contributed by atoms with Crippen molar-refractivity contribution in [2.45, 2.75) is 51.2 Å². The van der Waals surface area contributed by atoms with Gasteiger partial charge in [0, 0.05) is 17.9 Å². The average Bonchev–Trinajstić information content (AvgIpc) is 2.83. The van der Waals surface area contributed by atoms with Crippen molar-refractivity contribution in [3.05, 3.63) is 29.6 Å². The van der Waals surface area contributed by atoms with Crippen LogP contribution in [0.15, 0.2) is 18.2 Å². The average molecular weight is 249 g/mol. The summed E-state index contributed by atoms with van der Waals surface area (Å²) in [5, 5.41) is 0. The Morgan fingerprint density at radius 1 is 1.33 bits per heavy atom. The summed E-state index contributed by atoms with van der Waals surface area (Å²) in [4.78, 5) is 0. The van der Waals surface area contributed by atoms with Gasteiger partial charge in [-0.1, -0.05) is 12.8 Å². The molecule has 0 saturated heterocycles. The largest absolute Gasteiger partial charge is 0.489 e. The molecule has 1 aromatic rings. The molecule has 0 aliphatic heterocycles. The molecule has 2 fully saturated rings. The van der Waals surface area contributed by atoms with E-state index in [0.717, 1.165) is 17.7 Å². The fourth-order valence-corrected chi connectivity index (χ4v) is 3.57. The van der Waals surface area contributed by atoms with Crippen molar-refractivity contribution in [2.24, 2.45) is 11.1 Å². The number of aryl methyl sites for hydroxylation is 1. The van der Waals surface area contributed by atoms with E-state index in [0.29, 0.717) is 0 Å². The highest BCUT2D eigenvalue weighted by Gasteiger charge is 2.56. The highest BCUT2D eigenvalue weighted by atomic mass is 19.1. The number of halogens is 1. The summed E-state index contributed by atoms with van der Waals surface area (Å²) in [7, 11) is 0. The molecule has 2 aliphatic carbocycles. The third-order valence-corrected chi connectivity index (χ3v) is 4.79. The minimum absolute atomic E-state index is 0.195. The molecule has 2 unspecified atom stereocenters. The van der Waals surface area contributed by atoms with Crippen molar-refractivity contribution in [1.29, 1.82) is 0 Å². The van der Waals surface area contributed by atoms with Crippen LogP contribution in [0.4, 0.5) is 4.39 Å². The molecule has 2 atom stereocenters. The summed E-state index contributed by atoms with van der Waals surface area (Å²) in [6.07, 6.45) is 6.03. The van der Waals surface area contributed by atoms with Gasteiger partial charge in [-0.2, -0.15) is 0 Å². The van der Waals surface area contributed by atoms with Crippen LogP contribution in [0.5, 0.6) is 5.75 Å². The smallest absolute Gasteiger partial charge is 0.123 e. The van der Waals surface area contributed by atoms with Gasteiger partial charge in [0.15, 0.2) is 0 Å². The molecule has 1 aromatic carbocycles. The maximum absolute atomic E-state index is 13.1. The molecule has 2 aliphatic rings. The Labute approximate surface area is 107 Å². The second kappa shape index (κ2) is 4.23. The van der Waals surface area contributed by atoms with Gasteiger partial charge in [0.05, 0.1) is 0 Å². The fraction of sp³-hybridized carbons (Fsp3) is 0.600. The lowest BCUT2D eigenvalue weighted by Gasteiger charge is -2.52. The number of ether oxygens (including phenoxy) is 1. The second-order valence-electron chi connectivity index (χ2n) is 5.80. The molecule has 0 radical (unpaired) electrons. The van der Waals surface area contributed by atoms with Crippen molar-refractivity contribution in [1.82, 2.24) is 0 Å². The SMILES string of the molecule is Cc1cc(F)ccc1OC1CC(N)C12CCCC2. The van der Waals surface area contributed by atoms with E-state index in [9.17, 15) is 4.39 Å². The zero-order valence-corrected chi connectivity index (χ0v) is 10.8. The molecular formula is C15H20FNO. The molecule has 0 heterocycles. The van der Waals surface area contributed by atoms with Gasteiger partial charge in [-0.15, -0.1) is 0 Å². The minimum Gasteiger partial charge on any atom is -0.489 e. The lowest BCUT2D eigenvalue weighted by Crippen LogP contribution is -2.62. The van der Waals surface area contributed by atoms with E-state index in [2.05, 4.69) is 0 Å².